The average molecular weight is 447 g/mol. The summed E-state index contributed by atoms with van der Waals surface area (Å²) in [6.07, 6.45) is 0. The number of aromatic nitrogens is 3. The van der Waals surface area contributed by atoms with Crippen molar-refractivity contribution in [2.24, 2.45) is 0 Å². The van der Waals surface area contributed by atoms with Gasteiger partial charge in [0.25, 0.3) is 0 Å². The molecule has 1 aliphatic heterocycles. The molecule has 2 aromatic carbocycles. The fraction of sp³-hybridized carbons (Fsp3) is 0.292. The molecule has 0 saturated carbocycles. The molecule has 0 unspecified atom stereocenters. The summed E-state index contributed by atoms with van der Waals surface area (Å²) in [4.78, 5) is 22.1. The Hall–Kier alpha value is -3.07. The monoisotopic (exact) mass is 446 g/mol. The van der Waals surface area contributed by atoms with Gasteiger partial charge in [-0.3, -0.25) is 14.6 Å². The molecule has 0 radical (unpaired) electrons. The molecule has 2 aromatic heterocycles. The lowest BCUT2D eigenvalue weighted by atomic mass is 10.3. The Balaban J connectivity index is 1.14. The number of carbonyl (C=O) groups excluding carboxylic acids is 1. The maximum absolute atomic E-state index is 12.7. The van der Waals surface area contributed by atoms with Crippen molar-refractivity contribution < 1.29 is 4.79 Å². The molecule has 8 heteroatoms. The molecule has 1 N–H and O–H groups in total. The predicted octanol–water partition coefficient (Wildman–Crippen LogP) is 3.55. The first-order valence-electron chi connectivity index (χ1n) is 10.9. The molecule has 0 aliphatic carbocycles. The molecule has 5 rings (SSSR count). The smallest absolute Gasteiger partial charge is 0.239 e. The minimum absolute atomic E-state index is 0.0123. The van der Waals surface area contributed by atoms with Crippen LogP contribution in [-0.4, -0.2) is 63.2 Å². The van der Waals surface area contributed by atoms with E-state index in [4.69, 9.17) is 4.98 Å². The second-order valence-electron chi connectivity index (χ2n) is 8.09. The van der Waals surface area contributed by atoms with Gasteiger partial charge >= 0.3 is 0 Å². The number of hydrogen-bond acceptors (Lipinski definition) is 6. The van der Waals surface area contributed by atoms with E-state index in [9.17, 15) is 4.79 Å². The highest BCUT2D eigenvalue weighted by Crippen LogP contribution is 2.23. The van der Waals surface area contributed by atoms with Crippen LogP contribution in [0.3, 0.4) is 0 Å². The number of nitrogens with one attached hydrogen (secondary N) is 1. The third-order valence-corrected chi connectivity index (χ3v) is 6.65. The van der Waals surface area contributed by atoms with Crippen LogP contribution in [0.25, 0.3) is 15.9 Å². The Morgan fingerprint density at radius 2 is 1.72 bits per heavy atom. The maximum Gasteiger partial charge on any atom is 0.239 e. The molecule has 1 fully saturated rings. The predicted molar refractivity (Wildman–Crippen MR) is 128 cm³/mol. The molecule has 0 atom stereocenters. The van der Waals surface area contributed by atoms with Crippen LogP contribution in [0.2, 0.25) is 0 Å². The first-order chi connectivity index (χ1) is 15.6. The average Bonchev–Trinajstić information content (AvgIpc) is 3.38. The number of anilines is 1. The van der Waals surface area contributed by atoms with Gasteiger partial charge in [-0.1, -0.05) is 30.3 Å². The first kappa shape index (κ1) is 20.8. The number of para-hydroxylation sites is 2. The number of nitrogens with zero attached hydrogens (tertiary/aromatic N) is 5. The van der Waals surface area contributed by atoms with Gasteiger partial charge in [-0.2, -0.15) is 5.10 Å². The van der Waals surface area contributed by atoms with E-state index < -0.39 is 0 Å². The second-order valence-corrected chi connectivity index (χ2v) is 9.21. The van der Waals surface area contributed by atoms with Crippen LogP contribution in [0.1, 0.15) is 10.7 Å². The first-order valence-corrected chi connectivity index (χ1v) is 11.7. The lowest BCUT2D eigenvalue weighted by Gasteiger charge is -2.33. The van der Waals surface area contributed by atoms with E-state index in [-0.39, 0.29) is 5.91 Å². The summed E-state index contributed by atoms with van der Waals surface area (Å²) in [7, 11) is 0. The van der Waals surface area contributed by atoms with Gasteiger partial charge in [-0.25, -0.2) is 9.67 Å². The third kappa shape index (κ3) is 4.72. The highest BCUT2D eigenvalue weighted by Gasteiger charge is 2.21. The van der Waals surface area contributed by atoms with E-state index >= 15 is 0 Å². The number of fused-ring (bicyclic) bond motifs is 1. The number of benzene rings is 2. The number of rotatable bonds is 6. The lowest BCUT2D eigenvalue weighted by Crippen LogP contribution is -2.48. The van der Waals surface area contributed by atoms with Gasteiger partial charge in [0.2, 0.25) is 5.91 Å². The summed E-state index contributed by atoms with van der Waals surface area (Å²) in [5.74, 6) is 0.690. The summed E-state index contributed by atoms with van der Waals surface area (Å²) in [5, 5.41) is 8.72. The molecule has 1 aliphatic rings. The zero-order valence-corrected chi connectivity index (χ0v) is 18.9. The SMILES string of the molecule is Cc1cc(NC(=O)CN2CCN(Cc3nc4ccccc4s3)CC2)n(-c2ccccc2)n1. The number of aryl methyl sites for hydroxylation is 1. The Bertz CT molecular complexity index is 1180. The Kier molecular flexibility index (Phi) is 5.98. The topological polar surface area (TPSA) is 66.3 Å². The van der Waals surface area contributed by atoms with Crippen molar-refractivity contribution in [1.29, 1.82) is 0 Å². The van der Waals surface area contributed by atoms with Gasteiger partial charge in [0.05, 0.1) is 34.7 Å². The van der Waals surface area contributed by atoms with Crippen LogP contribution in [-0.2, 0) is 11.3 Å². The van der Waals surface area contributed by atoms with Crippen LogP contribution >= 0.6 is 11.3 Å². The van der Waals surface area contributed by atoms with Crippen molar-refractivity contribution >= 4 is 33.3 Å². The minimum Gasteiger partial charge on any atom is -0.309 e. The van der Waals surface area contributed by atoms with Gasteiger partial charge in [0.1, 0.15) is 10.8 Å². The number of amides is 1. The highest BCUT2D eigenvalue weighted by atomic mass is 32.1. The van der Waals surface area contributed by atoms with E-state index in [1.54, 1.807) is 16.0 Å². The van der Waals surface area contributed by atoms with E-state index in [0.29, 0.717) is 12.4 Å². The summed E-state index contributed by atoms with van der Waals surface area (Å²) in [5.41, 5.74) is 2.87. The van der Waals surface area contributed by atoms with Gasteiger partial charge in [0, 0.05) is 32.2 Å². The Morgan fingerprint density at radius 1 is 1.00 bits per heavy atom. The van der Waals surface area contributed by atoms with Crippen LogP contribution in [0.15, 0.2) is 60.7 Å². The second kappa shape index (κ2) is 9.20. The van der Waals surface area contributed by atoms with Crippen molar-refractivity contribution in [3.63, 3.8) is 0 Å². The Labute approximate surface area is 191 Å². The molecule has 0 spiro atoms. The number of piperazine rings is 1. The maximum atomic E-state index is 12.7. The zero-order chi connectivity index (χ0) is 21.9. The van der Waals surface area contributed by atoms with E-state index in [1.165, 1.54) is 4.70 Å². The third-order valence-electron chi connectivity index (χ3n) is 5.63. The van der Waals surface area contributed by atoms with Gasteiger partial charge in [0.15, 0.2) is 0 Å². The molecule has 1 amide bonds. The summed E-state index contributed by atoms with van der Waals surface area (Å²) < 4.78 is 3.02. The summed E-state index contributed by atoms with van der Waals surface area (Å²) in [6, 6.07) is 20.0. The van der Waals surface area contributed by atoms with E-state index in [0.717, 1.165) is 54.6 Å². The van der Waals surface area contributed by atoms with E-state index in [2.05, 4.69) is 38.4 Å². The van der Waals surface area contributed by atoms with Crippen LogP contribution in [0.5, 0.6) is 0 Å². The molecule has 164 valence electrons. The molecule has 32 heavy (non-hydrogen) atoms. The molecular formula is C24H26N6OS. The fourth-order valence-electron chi connectivity index (χ4n) is 4.02. The van der Waals surface area contributed by atoms with E-state index in [1.807, 2.05) is 49.4 Å². The highest BCUT2D eigenvalue weighted by molar-refractivity contribution is 7.18. The largest absolute Gasteiger partial charge is 0.309 e. The molecule has 1 saturated heterocycles. The van der Waals surface area contributed by atoms with Crippen molar-refractivity contribution in [3.8, 4) is 5.69 Å². The molecule has 3 heterocycles. The van der Waals surface area contributed by atoms with Gasteiger partial charge in [-0.15, -0.1) is 11.3 Å². The summed E-state index contributed by atoms with van der Waals surface area (Å²) >= 11 is 1.77. The van der Waals surface area contributed by atoms with Gasteiger partial charge < -0.3 is 5.32 Å². The van der Waals surface area contributed by atoms with Crippen molar-refractivity contribution in [2.75, 3.05) is 38.0 Å². The molecular weight excluding hydrogens is 420 g/mol. The fourth-order valence-corrected chi connectivity index (χ4v) is 5.03. The lowest BCUT2D eigenvalue weighted by molar-refractivity contribution is -0.117. The van der Waals surface area contributed by atoms with Crippen LogP contribution < -0.4 is 5.32 Å². The van der Waals surface area contributed by atoms with Gasteiger partial charge in [-0.05, 0) is 31.2 Å². The van der Waals surface area contributed by atoms with Crippen LogP contribution in [0.4, 0.5) is 5.82 Å². The normalized spacial score (nSPS) is 15.3. The zero-order valence-electron chi connectivity index (χ0n) is 18.1. The molecule has 0 bridgehead atoms. The number of hydrogen-bond donors (Lipinski definition) is 1. The Morgan fingerprint density at radius 3 is 2.50 bits per heavy atom. The minimum atomic E-state index is -0.0123. The number of thiazole rings is 1. The van der Waals surface area contributed by atoms with Crippen molar-refractivity contribution in [3.05, 3.63) is 71.4 Å². The molecule has 4 aromatic rings. The van der Waals surface area contributed by atoms with Crippen LogP contribution in [0, 0.1) is 6.92 Å². The number of carbonyl (C=O) groups is 1. The standard InChI is InChI=1S/C24H26N6OS/c1-18-15-22(30(27-18)19-7-3-2-4-8-19)26-23(31)16-28-11-13-29(14-12-28)17-24-25-20-9-5-6-10-21(20)32-24/h2-10,15H,11-14,16-17H2,1H3,(H,26,31). The summed E-state index contributed by atoms with van der Waals surface area (Å²) in [6.45, 7) is 6.79. The quantitative estimate of drug-likeness (QED) is 0.491. The van der Waals surface area contributed by atoms with Crippen molar-refractivity contribution in [2.45, 2.75) is 13.5 Å². The molecule has 7 nitrogen and oxygen atoms in total. The van der Waals surface area contributed by atoms with Crippen molar-refractivity contribution in [1.82, 2.24) is 24.6 Å².